The van der Waals surface area contributed by atoms with Crippen molar-refractivity contribution in [2.45, 2.75) is 20.8 Å². The molecule has 74 valence electrons. The van der Waals surface area contributed by atoms with Crippen molar-refractivity contribution in [1.82, 2.24) is 14.5 Å². The van der Waals surface area contributed by atoms with Crippen LogP contribution >= 0.6 is 0 Å². The van der Waals surface area contributed by atoms with Crippen LogP contribution in [0.3, 0.4) is 0 Å². The highest BCUT2D eigenvalue weighted by atomic mass is 15.1. The molecule has 3 heteroatoms. The summed E-state index contributed by atoms with van der Waals surface area (Å²) in [6.07, 6.45) is 5.68. The minimum absolute atomic E-state index is 0.793. The standard InChI is InChI=1S/C9H9N3.C2H6/c1-8-10-5-4-9(11-8)12-6-2-3-7-12;1-2/h2-7H,1H3;1-2H3. The molecule has 2 heterocycles. The van der Waals surface area contributed by atoms with E-state index < -0.39 is 0 Å². The monoisotopic (exact) mass is 189 g/mol. The lowest BCUT2D eigenvalue weighted by molar-refractivity contribution is 0.945. The zero-order valence-corrected chi connectivity index (χ0v) is 8.81. The van der Waals surface area contributed by atoms with Crippen LogP contribution in [0.1, 0.15) is 19.7 Å². The van der Waals surface area contributed by atoms with E-state index in [1.54, 1.807) is 6.20 Å². The zero-order chi connectivity index (χ0) is 10.4. The fourth-order valence-electron chi connectivity index (χ4n) is 1.07. The Morgan fingerprint density at radius 1 is 1.14 bits per heavy atom. The molecule has 0 aromatic carbocycles. The van der Waals surface area contributed by atoms with Gasteiger partial charge in [-0.25, -0.2) is 9.97 Å². The third-order valence-electron chi connectivity index (χ3n) is 1.63. The number of hydrogen-bond donors (Lipinski definition) is 0. The summed E-state index contributed by atoms with van der Waals surface area (Å²) in [5, 5.41) is 0. The molecule has 0 aliphatic heterocycles. The molecule has 0 saturated heterocycles. The highest BCUT2D eigenvalue weighted by Gasteiger charge is 1.94. The molecular weight excluding hydrogens is 174 g/mol. The second-order valence-electron chi connectivity index (χ2n) is 2.55. The summed E-state index contributed by atoms with van der Waals surface area (Å²) in [7, 11) is 0. The smallest absolute Gasteiger partial charge is 0.140 e. The number of hydrogen-bond acceptors (Lipinski definition) is 2. The van der Waals surface area contributed by atoms with Gasteiger partial charge in [0, 0.05) is 18.6 Å². The van der Waals surface area contributed by atoms with Crippen LogP contribution in [-0.4, -0.2) is 14.5 Å². The minimum Gasteiger partial charge on any atom is -0.309 e. The van der Waals surface area contributed by atoms with E-state index >= 15 is 0 Å². The molecule has 0 unspecified atom stereocenters. The van der Waals surface area contributed by atoms with Crippen molar-refractivity contribution in [3.8, 4) is 5.82 Å². The Morgan fingerprint density at radius 2 is 1.79 bits per heavy atom. The molecule has 0 amide bonds. The third-order valence-corrected chi connectivity index (χ3v) is 1.63. The molecule has 0 aliphatic carbocycles. The van der Waals surface area contributed by atoms with Gasteiger partial charge in [-0.15, -0.1) is 0 Å². The van der Waals surface area contributed by atoms with Gasteiger partial charge in [0.15, 0.2) is 0 Å². The average Bonchev–Trinajstić information content (AvgIpc) is 2.74. The van der Waals surface area contributed by atoms with Crippen LogP contribution < -0.4 is 0 Å². The maximum Gasteiger partial charge on any atom is 0.140 e. The Morgan fingerprint density at radius 3 is 2.36 bits per heavy atom. The van der Waals surface area contributed by atoms with E-state index in [1.165, 1.54) is 0 Å². The van der Waals surface area contributed by atoms with Crippen LogP contribution in [0.25, 0.3) is 5.82 Å². The van der Waals surface area contributed by atoms with Gasteiger partial charge in [0.25, 0.3) is 0 Å². The normalized spacial score (nSPS) is 9.07. The van der Waals surface area contributed by atoms with E-state index in [9.17, 15) is 0 Å². The predicted octanol–water partition coefficient (Wildman–Crippen LogP) is 2.60. The largest absolute Gasteiger partial charge is 0.309 e. The van der Waals surface area contributed by atoms with Crippen LogP contribution in [0.5, 0.6) is 0 Å². The predicted molar refractivity (Wildman–Crippen MR) is 57.4 cm³/mol. The molecule has 2 aromatic rings. The van der Waals surface area contributed by atoms with E-state index in [0.29, 0.717) is 0 Å². The minimum atomic E-state index is 0.793. The maximum atomic E-state index is 4.27. The number of rotatable bonds is 1. The van der Waals surface area contributed by atoms with Gasteiger partial charge in [-0.2, -0.15) is 0 Å². The first kappa shape index (κ1) is 10.4. The fourth-order valence-corrected chi connectivity index (χ4v) is 1.07. The molecule has 3 nitrogen and oxygen atoms in total. The van der Waals surface area contributed by atoms with Crippen molar-refractivity contribution in [1.29, 1.82) is 0 Å². The molecule has 0 saturated carbocycles. The lowest BCUT2D eigenvalue weighted by Crippen LogP contribution is -1.96. The fraction of sp³-hybridized carbons (Fsp3) is 0.273. The zero-order valence-electron chi connectivity index (χ0n) is 8.81. The number of aryl methyl sites for hydroxylation is 1. The van der Waals surface area contributed by atoms with Crippen molar-refractivity contribution in [2.24, 2.45) is 0 Å². The molecule has 0 aliphatic rings. The first-order valence-corrected chi connectivity index (χ1v) is 4.79. The van der Waals surface area contributed by atoms with Crippen LogP contribution in [0.2, 0.25) is 0 Å². The first-order valence-electron chi connectivity index (χ1n) is 4.79. The summed E-state index contributed by atoms with van der Waals surface area (Å²) in [4.78, 5) is 8.29. The summed E-state index contributed by atoms with van der Waals surface area (Å²) >= 11 is 0. The quantitative estimate of drug-likeness (QED) is 0.690. The van der Waals surface area contributed by atoms with Gasteiger partial charge in [0.1, 0.15) is 11.6 Å². The lowest BCUT2D eigenvalue weighted by Gasteiger charge is -2.00. The third kappa shape index (κ3) is 2.42. The summed E-state index contributed by atoms with van der Waals surface area (Å²) in [5.74, 6) is 1.70. The van der Waals surface area contributed by atoms with Crippen molar-refractivity contribution < 1.29 is 0 Å². The number of aromatic nitrogens is 3. The van der Waals surface area contributed by atoms with Crippen molar-refractivity contribution in [2.75, 3.05) is 0 Å². The van der Waals surface area contributed by atoms with E-state index in [-0.39, 0.29) is 0 Å². The summed E-state index contributed by atoms with van der Waals surface area (Å²) in [5.41, 5.74) is 0. The molecule has 0 fully saturated rings. The molecule has 2 aromatic heterocycles. The average molecular weight is 189 g/mol. The van der Waals surface area contributed by atoms with Gasteiger partial charge in [0.2, 0.25) is 0 Å². The van der Waals surface area contributed by atoms with Crippen molar-refractivity contribution in [3.05, 3.63) is 42.6 Å². The van der Waals surface area contributed by atoms with Gasteiger partial charge >= 0.3 is 0 Å². The highest BCUT2D eigenvalue weighted by Crippen LogP contribution is 2.02. The molecule has 0 atom stereocenters. The van der Waals surface area contributed by atoms with Gasteiger partial charge in [-0.3, -0.25) is 0 Å². The number of nitrogens with zero attached hydrogens (tertiary/aromatic N) is 3. The van der Waals surface area contributed by atoms with Gasteiger partial charge in [-0.05, 0) is 25.1 Å². The van der Waals surface area contributed by atoms with E-state index in [0.717, 1.165) is 11.6 Å². The van der Waals surface area contributed by atoms with Crippen LogP contribution in [0.15, 0.2) is 36.8 Å². The van der Waals surface area contributed by atoms with Gasteiger partial charge < -0.3 is 4.57 Å². The van der Waals surface area contributed by atoms with Crippen LogP contribution in [0.4, 0.5) is 0 Å². The summed E-state index contributed by atoms with van der Waals surface area (Å²) in [6, 6.07) is 5.82. The Labute approximate surface area is 84.4 Å². The van der Waals surface area contributed by atoms with Crippen LogP contribution in [0, 0.1) is 6.92 Å². The molecule has 2 rings (SSSR count). The van der Waals surface area contributed by atoms with Gasteiger partial charge in [0.05, 0.1) is 0 Å². The molecule has 0 radical (unpaired) electrons. The molecule has 0 N–H and O–H groups in total. The second kappa shape index (κ2) is 5.17. The van der Waals surface area contributed by atoms with E-state index in [1.807, 2.05) is 55.9 Å². The molecular formula is C11H15N3. The van der Waals surface area contributed by atoms with Gasteiger partial charge in [-0.1, -0.05) is 13.8 Å². The van der Waals surface area contributed by atoms with E-state index in [4.69, 9.17) is 0 Å². The summed E-state index contributed by atoms with van der Waals surface area (Å²) in [6.45, 7) is 5.88. The Hall–Kier alpha value is -1.64. The highest BCUT2D eigenvalue weighted by molar-refractivity contribution is 5.21. The molecule has 14 heavy (non-hydrogen) atoms. The Kier molecular flexibility index (Phi) is 3.85. The Balaban J connectivity index is 0.000000461. The van der Waals surface area contributed by atoms with Crippen LogP contribution in [-0.2, 0) is 0 Å². The first-order chi connectivity index (χ1) is 6.86. The molecule has 0 bridgehead atoms. The Bertz CT molecular complexity index is 366. The van der Waals surface area contributed by atoms with Crippen molar-refractivity contribution in [3.63, 3.8) is 0 Å². The topological polar surface area (TPSA) is 30.7 Å². The summed E-state index contributed by atoms with van der Waals surface area (Å²) < 4.78 is 1.95. The SMILES string of the molecule is CC.Cc1nccc(-n2cccc2)n1. The van der Waals surface area contributed by atoms with E-state index in [2.05, 4.69) is 9.97 Å². The maximum absolute atomic E-state index is 4.27. The van der Waals surface area contributed by atoms with Crippen molar-refractivity contribution >= 4 is 0 Å². The molecule has 0 spiro atoms. The lowest BCUT2D eigenvalue weighted by atomic mass is 10.5. The second-order valence-corrected chi connectivity index (χ2v) is 2.55.